The molecule has 182 valence electrons. The summed E-state index contributed by atoms with van der Waals surface area (Å²) in [6.07, 6.45) is 1.95. The highest BCUT2D eigenvalue weighted by Gasteiger charge is 2.24. The molecule has 0 fully saturated rings. The molecule has 1 N–H and O–H groups in total. The van der Waals surface area contributed by atoms with Gasteiger partial charge >= 0.3 is 0 Å². The third-order valence-corrected chi connectivity index (χ3v) is 7.07. The van der Waals surface area contributed by atoms with E-state index in [1.807, 2.05) is 45.8 Å². The van der Waals surface area contributed by atoms with Gasteiger partial charge in [-0.2, -0.15) is 0 Å². The highest BCUT2D eigenvalue weighted by Crippen LogP contribution is 2.27. The van der Waals surface area contributed by atoms with Crippen LogP contribution in [0.3, 0.4) is 0 Å². The number of sulfonamides is 1. The van der Waals surface area contributed by atoms with E-state index in [2.05, 4.69) is 4.72 Å². The third kappa shape index (κ3) is 7.74. The molecule has 33 heavy (non-hydrogen) atoms. The second-order valence-corrected chi connectivity index (χ2v) is 10.3. The van der Waals surface area contributed by atoms with Crippen LogP contribution in [0.15, 0.2) is 42.5 Å². The molecule has 0 aliphatic carbocycles. The molecule has 2 aromatic carbocycles. The number of carbonyl (C=O) groups is 1. The monoisotopic (exact) mass is 477 g/mol. The van der Waals surface area contributed by atoms with Crippen molar-refractivity contribution in [1.29, 1.82) is 0 Å². The maximum absolute atomic E-state index is 13.8. The Labute approximate surface area is 197 Å². The van der Waals surface area contributed by atoms with Crippen LogP contribution in [0.5, 0.6) is 0 Å². The van der Waals surface area contributed by atoms with Gasteiger partial charge in [0.2, 0.25) is 15.9 Å². The number of carbonyl (C=O) groups excluding carboxylic acids is 1. The number of rotatable bonds is 12. The molecule has 6 nitrogen and oxygen atoms in total. The van der Waals surface area contributed by atoms with Gasteiger partial charge in [-0.05, 0) is 60.7 Å². The summed E-state index contributed by atoms with van der Waals surface area (Å²) in [6, 6.07) is 11.6. The van der Waals surface area contributed by atoms with Crippen molar-refractivity contribution in [3.63, 3.8) is 0 Å². The minimum absolute atomic E-state index is 0.00549. The Bertz CT molecular complexity index is 1040. The van der Waals surface area contributed by atoms with Gasteiger partial charge in [0.05, 0.1) is 5.75 Å². The molecule has 0 unspecified atom stereocenters. The molecule has 0 heterocycles. The van der Waals surface area contributed by atoms with E-state index in [0.29, 0.717) is 30.5 Å². The Hall–Kier alpha value is -2.61. The number of hydrogen-bond donors (Lipinski definition) is 1. The second kappa shape index (κ2) is 12.0. The van der Waals surface area contributed by atoms with Crippen LogP contribution in [-0.2, 0) is 27.9 Å². The zero-order valence-electron chi connectivity index (χ0n) is 20.3. The first-order valence-electron chi connectivity index (χ1n) is 11.4. The van der Waals surface area contributed by atoms with Crippen LogP contribution in [0.2, 0.25) is 0 Å². The maximum atomic E-state index is 13.8. The average Bonchev–Trinajstić information content (AvgIpc) is 2.73. The summed E-state index contributed by atoms with van der Waals surface area (Å²) in [5.74, 6) is -0.432. The molecule has 0 spiro atoms. The summed E-state index contributed by atoms with van der Waals surface area (Å²) < 4.78 is 41.0. The molecule has 0 radical (unpaired) electrons. The van der Waals surface area contributed by atoms with Crippen molar-refractivity contribution in [3.05, 3.63) is 59.4 Å². The SMILES string of the molecule is CCCS(=O)(=O)Nc1ccc(N(C)C)c(CN(Cc2cccc(F)c2)C(=O)C(CC)CC)c1. The van der Waals surface area contributed by atoms with Crippen LogP contribution in [0, 0.1) is 11.7 Å². The molecular formula is C25H36FN3O3S. The van der Waals surface area contributed by atoms with Crippen LogP contribution in [0.25, 0.3) is 0 Å². The van der Waals surface area contributed by atoms with Crippen molar-refractivity contribution < 1.29 is 17.6 Å². The van der Waals surface area contributed by atoms with Crippen LogP contribution < -0.4 is 9.62 Å². The average molecular weight is 478 g/mol. The van der Waals surface area contributed by atoms with Crippen molar-refractivity contribution in [2.45, 2.75) is 53.1 Å². The van der Waals surface area contributed by atoms with E-state index < -0.39 is 10.0 Å². The maximum Gasteiger partial charge on any atom is 0.232 e. The number of benzene rings is 2. The van der Waals surface area contributed by atoms with Gasteiger partial charge in [0.1, 0.15) is 5.82 Å². The number of hydrogen-bond acceptors (Lipinski definition) is 4. The molecule has 0 aliphatic rings. The quantitative estimate of drug-likeness (QED) is 0.467. The summed E-state index contributed by atoms with van der Waals surface area (Å²) in [7, 11) is 0.365. The topological polar surface area (TPSA) is 69.7 Å². The van der Waals surface area contributed by atoms with Gasteiger partial charge in [0.15, 0.2) is 0 Å². The van der Waals surface area contributed by atoms with E-state index in [1.165, 1.54) is 12.1 Å². The molecule has 2 aromatic rings. The Morgan fingerprint density at radius 2 is 1.73 bits per heavy atom. The summed E-state index contributed by atoms with van der Waals surface area (Å²) >= 11 is 0. The predicted molar refractivity (Wildman–Crippen MR) is 133 cm³/mol. The number of nitrogens with zero attached hydrogens (tertiary/aromatic N) is 2. The fraction of sp³-hybridized carbons (Fsp3) is 0.480. The lowest BCUT2D eigenvalue weighted by Crippen LogP contribution is -2.35. The number of anilines is 2. The van der Waals surface area contributed by atoms with Crippen LogP contribution in [0.4, 0.5) is 15.8 Å². The fourth-order valence-electron chi connectivity index (χ4n) is 3.88. The van der Waals surface area contributed by atoms with Gasteiger partial charge in [0, 0.05) is 44.5 Å². The standard InChI is InChI=1S/C25H36FN3O3S/c1-6-14-33(31,32)27-23-12-13-24(28(4)5)21(16-23)18-29(25(30)20(7-2)8-3)17-19-10-9-11-22(26)15-19/h9-13,15-16,20,27H,6-8,14,17-18H2,1-5H3. The van der Waals surface area contributed by atoms with Crippen molar-refractivity contribution in [1.82, 2.24) is 4.90 Å². The molecule has 0 aromatic heterocycles. The smallest absolute Gasteiger partial charge is 0.232 e. The van der Waals surface area contributed by atoms with Gasteiger partial charge < -0.3 is 9.80 Å². The van der Waals surface area contributed by atoms with Gasteiger partial charge in [-0.15, -0.1) is 0 Å². The first-order valence-corrected chi connectivity index (χ1v) is 13.1. The summed E-state index contributed by atoms with van der Waals surface area (Å²) in [5.41, 5.74) is 2.87. The minimum atomic E-state index is -3.44. The summed E-state index contributed by atoms with van der Waals surface area (Å²) in [6.45, 7) is 6.34. The number of nitrogens with one attached hydrogen (secondary N) is 1. The molecule has 2 rings (SSSR count). The van der Waals surface area contributed by atoms with E-state index in [9.17, 15) is 17.6 Å². The van der Waals surface area contributed by atoms with Crippen molar-refractivity contribution in [3.8, 4) is 0 Å². The van der Waals surface area contributed by atoms with Crippen molar-refractivity contribution in [2.75, 3.05) is 29.5 Å². The van der Waals surface area contributed by atoms with Crippen LogP contribution in [-0.4, -0.2) is 39.1 Å². The Morgan fingerprint density at radius 3 is 2.30 bits per heavy atom. The van der Waals surface area contributed by atoms with E-state index in [1.54, 1.807) is 29.2 Å². The molecule has 0 bridgehead atoms. The van der Waals surface area contributed by atoms with E-state index in [4.69, 9.17) is 0 Å². The van der Waals surface area contributed by atoms with Gasteiger partial charge in [-0.3, -0.25) is 9.52 Å². The lowest BCUT2D eigenvalue weighted by Gasteiger charge is -2.29. The third-order valence-electron chi connectivity index (χ3n) is 5.58. The highest BCUT2D eigenvalue weighted by atomic mass is 32.2. The Morgan fingerprint density at radius 1 is 1.03 bits per heavy atom. The molecule has 0 saturated heterocycles. The molecular weight excluding hydrogens is 441 g/mol. The van der Waals surface area contributed by atoms with Crippen molar-refractivity contribution in [2.24, 2.45) is 5.92 Å². The minimum Gasteiger partial charge on any atom is -0.377 e. The Balaban J connectivity index is 2.45. The highest BCUT2D eigenvalue weighted by molar-refractivity contribution is 7.92. The first-order chi connectivity index (χ1) is 15.6. The van der Waals surface area contributed by atoms with Gasteiger partial charge in [0.25, 0.3) is 0 Å². The van der Waals surface area contributed by atoms with Gasteiger partial charge in [-0.25, -0.2) is 12.8 Å². The van der Waals surface area contributed by atoms with E-state index in [-0.39, 0.29) is 36.5 Å². The molecule has 8 heteroatoms. The summed E-state index contributed by atoms with van der Waals surface area (Å²) in [4.78, 5) is 17.1. The fourth-order valence-corrected chi connectivity index (χ4v) is 5.01. The zero-order chi connectivity index (χ0) is 24.6. The first kappa shape index (κ1) is 26.6. The van der Waals surface area contributed by atoms with Crippen LogP contribution >= 0.6 is 0 Å². The molecule has 1 amide bonds. The van der Waals surface area contributed by atoms with E-state index >= 15 is 0 Å². The summed E-state index contributed by atoms with van der Waals surface area (Å²) in [5, 5.41) is 0. The lowest BCUT2D eigenvalue weighted by molar-refractivity contribution is -0.137. The van der Waals surface area contributed by atoms with E-state index in [0.717, 1.165) is 11.3 Å². The largest absolute Gasteiger partial charge is 0.377 e. The zero-order valence-corrected chi connectivity index (χ0v) is 21.1. The van der Waals surface area contributed by atoms with Crippen molar-refractivity contribution >= 4 is 27.3 Å². The number of halogens is 1. The molecule has 0 aliphatic heterocycles. The van der Waals surface area contributed by atoms with Gasteiger partial charge in [-0.1, -0.05) is 32.9 Å². The molecule has 0 saturated carbocycles. The molecule has 0 atom stereocenters. The normalized spacial score (nSPS) is 11.5. The van der Waals surface area contributed by atoms with Crippen LogP contribution in [0.1, 0.15) is 51.2 Å². The predicted octanol–water partition coefficient (Wildman–Crippen LogP) is 5.01. The lowest BCUT2D eigenvalue weighted by atomic mass is 10.0. The Kier molecular flexibility index (Phi) is 9.70. The number of amides is 1. The second-order valence-electron chi connectivity index (χ2n) is 8.50.